The summed E-state index contributed by atoms with van der Waals surface area (Å²) in [5, 5.41) is 10.5. The van der Waals surface area contributed by atoms with Crippen molar-refractivity contribution in [2.75, 3.05) is 5.75 Å². The molecule has 2 aromatic rings. The maximum atomic E-state index is 12.2. The van der Waals surface area contributed by atoms with Crippen molar-refractivity contribution >= 4 is 21.2 Å². The highest BCUT2D eigenvalue weighted by atomic mass is 32.2. The van der Waals surface area contributed by atoms with Gasteiger partial charge in [-0.3, -0.25) is 0 Å². The van der Waals surface area contributed by atoms with Crippen molar-refractivity contribution in [2.45, 2.75) is 52.2 Å². The largest absolute Gasteiger partial charge is 0.426 e. The van der Waals surface area contributed by atoms with Crippen LogP contribution in [0.5, 0.6) is 0 Å². The Morgan fingerprint density at radius 2 is 2.04 bits per heavy atom. The van der Waals surface area contributed by atoms with Crippen molar-refractivity contribution in [3.63, 3.8) is 0 Å². The minimum Gasteiger partial charge on any atom is -0.426 e. The summed E-state index contributed by atoms with van der Waals surface area (Å²) in [4.78, 5) is 4.44. The molecular weight excluding hydrogens is 334 g/mol. The number of hydrogen-bond acceptors (Lipinski definition) is 7. The molecule has 2 heterocycles. The van der Waals surface area contributed by atoms with Gasteiger partial charge in [-0.05, 0) is 25.2 Å². The van der Waals surface area contributed by atoms with Gasteiger partial charge >= 0.3 is 0 Å². The van der Waals surface area contributed by atoms with E-state index in [4.69, 9.17) is 4.42 Å². The van der Waals surface area contributed by atoms with Gasteiger partial charge in [-0.2, -0.15) is 0 Å². The number of nitrogens with zero attached hydrogens (tertiary/aromatic N) is 3. The second kappa shape index (κ2) is 8.01. The molecule has 0 aliphatic rings. The fraction of sp³-hybridized carbons (Fsp3) is 0.667. The number of rotatable bonds is 9. The van der Waals surface area contributed by atoms with Gasteiger partial charge in [0.05, 0.1) is 22.2 Å². The maximum Gasteiger partial charge on any atom is 0.216 e. The van der Waals surface area contributed by atoms with Gasteiger partial charge in [-0.25, -0.2) is 13.4 Å². The summed E-state index contributed by atoms with van der Waals surface area (Å²) in [5.74, 6) is 1.72. The minimum atomic E-state index is -3.16. The first-order chi connectivity index (χ1) is 10.8. The standard InChI is InChI=1S/C15H23N3O3S2/c1-11(2)6-7-15-16-13(9-22-15)10-23(19,20)8-4-5-14-18-17-12(3)21-14/h9,11H,4-8,10H2,1-3H3. The number of aromatic nitrogens is 3. The zero-order chi connectivity index (χ0) is 16.9. The molecule has 0 spiro atoms. The SMILES string of the molecule is Cc1nnc(CCCS(=O)(=O)Cc2csc(CCC(C)C)n2)o1. The molecule has 128 valence electrons. The molecule has 6 nitrogen and oxygen atoms in total. The average Bonchev–Trinajstić information content (AvgIpc) is 3.05. The lowest BCUT2D eigenvalue weighted by Gasteiger charge is -2.02. The Kier molecular flexibility index (Phi) is 6.29. The van der Waals surface area contributed by atoms with Crippen molar-refractivity contribution in [2.24, 2.45) is 5.92 Å². The van der Waals surface area contributed by atoms with Crippen LogP contribution >= 0.6 is 11.3 Å². The van der Waals surface area contributed by atoms with E-state index in [0.29, 0.717) is 36.2 Å². The molecular formula is C15H23N3O3S2. The van der Waals surface area contributed by atoms with E-state index in [9.17, 15) is 8.42 Å². The third-order valence-electron chi connectivity index (χ3n) is 3.32. The second-order valence-electron chi connectivity index (χ2n) is 6.08. The quantitative estimate of drug-likeness (QED) is 0.686. The predicted octanol–water partition coefficient (Wildman–Crippen LogP) is 2.97. The lowest BCUT2D eigenvalue weighted by Crippen LogP contribution is -2.10. The Morgan fingerprint density at radius 1 is 1.26 bits per heavy atom. The Bertz CT molecular complexity index is 720. The van der Waals surface area contributed by atoms with Crippen LogP contribution < -0.4 is 0 Å². The van der Waals surface area contributed by atoms with Gasteiger partial charge in [0, 0.05) is 18.7 Å². The third kappa shape index (κ3) is 6.39. The first-order valence-electron chi connectivity index (χ1n) is 7.77. The van der Waals surface area contributed by atoms with Crippen LogP contribution in [-0.4, -0.2) is 29.4 Å². The molecule has 0 saturated heterocycles. The van der Waals surface area contributed by atoms with E-state index < -0.39 is 9.84 Å². The molecule has 23 heavy (non-hydrogen) atoms. The zero-order valence-corrected chi connectivity index (χ0v) is 15.4. The average molecular weight is 358 g/mol. The van der Waals surface area contributed by atoms with Crippen LogP contribution in [0.1, 0.15) is 49.2 Å². The molecule has 0 bridgehead atoms. The Labute approximate surface area is 141 Å². The van der Waals surface area contributed by atoms with Gasteiger partial charge in [-0.1, -0.05) is 13.8 Å². The Morgan fingerprint density at radius 3 is 2.70 bits per heavy atom. The Balaban J connectivity index is 1.81. The van der Waals surface area contributed by atoms with Crippen LogP contribution in [-0.2, 0) is 28.4 Å². The normalized spacial score (nSPS) is 12.2. The summed E-state index contributed by atoms with van der Waals surface area (Å²) in [6.45, 7) is 6.06. The molecule has 0 atom stereocenters. The fourth-order valence-electron chi connectivity index (χ4n) is 2.12. The van der Waals surface area contributed by atoms with Gasteiger partial charge in [0.15, 0.2) is 9.84 Å². The lowest BCUT2D eigenvalue weighted by atomic mass is 10.1. The molecule has 0 N–H and O–H groups in total. The van der Waals surface area contributed by atoms with Gasteiger partial charge < -0.3 is 4.42 Å². The van der Waals surface area contributed by atoms with Gasteiger partial charge in [0.25, 0.3) is 0 Å². The highest BCUT2D eigenvalue weighted by Crippen LogP contribution is 2.17. The van der Waals surface area contributed by atoms with Crippen molar-refractivity contribution in [1.29, 1.82) is 0 Å². The predicted molar refractivity (Wildman–Crippen MR) is 90.1 cm³/mol. The van der Waals surface area contributed by atoms with Crippen molar-refractivity contribution in [3.05, 3.63) is 27.9 Å². The van der Waals surface area contributed by atoms with Crippen LogP contribution in [0, 0.1) is 12.8 Å². The monoisotopic (exact) mass is 357 g/mol. The summed E-state index contributed by atoms with van der Waals surface area (Å²) >= 11 is 1.55. The molecule has 0 radical (unpaired) electrons. The Hall–Kier alpha value is -1.28. The maximum absolute atomic E-state index is 12.2. The van der Waals surface area contributed by atoms with Crippen molar-refractivity contribution < 1.29 is 12.8 Å². The molecule has 0 fully saturated rings. The molecule has 0 aliphatic heterocycles. The summed E-state index contributed by atoms with van der Waals surface area (Å²) in [7, 11) is -3.16. The molecule has 0 unspecified atom stereocenters. The molecule has 2 rings (SSSR count). The van der Waals surface area contributed by atoms with Crippen molar-refractivity contribution in [1.82, 2.24) is 15.2 Å². The molecule has 2 aromatic heterocycles. The molecule has 8 heteroatoms. The van der Waals surface area contributed by atoms with E-state index in [1.807, 2.05) is 5.38 Å². The van der Waals surface area contributed by atoms with Gasteiger partial charge in [-0.15, -0.1) is 21.5 Å². The summed E-state index contributed by atoms with van der Waals surface area (Å²) in [6, 6.07) is 0. The van der Waals surface area contributed by atoms with E-state index in [2.05, 4.69) is 29.0 Å². The van der Waals surface area contributed by atoms with Crippen LogP contribution in [0.3, 0.4) is 0 Å². The lowest BCUT2D eigenvalue weighted by molar-refractivity contribution is 0.465. The van der Waals surface area contributed by atoms with Crippen LogP contribution in [0.2, 0.25) is 0 Å². The van der Waals surface area contributed by atoms with Crippen LogP contribution in [0.4, 0.5) is 0 Å². The van der Waals surface area contributed by atoms with Crippen LogP contribution in [0.15, 0.2) is 9.80 Å². The molecule has 0 saturated carbocycles. The van der Waals surface area contributed by atoms with E-state index in [-0.39, 0.29) is 11.5 Å². The summed E-state index contributed by atoms with van der Waals surface area (Å²) < 4.78 is 29.6. The zero-order valence-electron chi connectivity index (χ0n) is 13.8. The first kappa shape index (κ1) is 18.1. The highest BCUT2D eigenvalue weighted by molar-refractivity contribution is 7.90. The van der Waals surface area contributed by atoms with Gasteiger partial charge in [0.1, 0.15) is 0 Å². The first-order valence-corrected chi connectivity index (χ1v) is 10.5. The van der Waals surface area contributed by atoms with E-state index in [1.165, 1.54) is 0 Å². The number of sulfone groups is 1. The minimum absolute atomic E-state index is 0.00798. The van der Waals surface area contributed by atoms with Crippen molar-refractivity contribution in [3.8, 4) is 0 Å². The second-order valence-corrected chi connectivity index (χ2v) is 9.20. The highest BCUT2D eigenvalue weighted by Gasteiger charge is 2.15. The molecule has 0 aliphatic carbocycles. The summed E-state index contributed by atoms with van der Waals surface area (Å²) in [5.41, 5.74) is 0.655. The third-order valence-corrected chi connectivity index (χ3v) is 5.92. The molecule has 0 amide bonds. The van der Waals surface area contributed by atoms with Crippen LogP contribution in [0.25, 0.3) is 0 Å². The van der Waals surface area contributed by atoms with E-state index >= 15 is 0 Å². The number of hydrogen-bond donors (Lipinski definition) is 0. The van der Waals surface area contributed by atoms with E-state index in [1.54, 1.807) is 18.3 Å². The topological polar surface area (TPSA) is 86.0 Å². The number of thiazole rings is 1. The fourth-order valence-corrected chi connectivity index (χ4v) is 4.37. The summed E-state index contributed by atoms with van der Waals surface area (Å²) in [6.07, 6.45) is 2.95. The smallest absolute Gasteiger partial charge is 0.216 e. The van der Waals surface area contributed by atoms with E-state index in [0.717, 1.165) is 17.8 Å². The van der Waals surface area contributed by atoms with Gasteiger partial charge in [0.2, 0.25) is 11.8 Å². The molecule has 0 aromatic carbocycles. The number of aryl methyl sites for hydroxylation is 3.